The second kappa shape index (κ2) is 5.03. The number of rotatable bonds is 4. The maximum atomic E-state index is 5.75. The Kier molecular flexibility index (Phi) is 3.07. The lowest BCUT2D eigenvalue weighted by atomic mass is 10.4. The highest BCUT2D eigenvalue weighted by molar-refractivity contribution is 5.50. The molecule has 3 rings (SSSR count). The van der Waals surface area contributed by atoms with Crippen LogP contribution in [0, 0.1) is 0 Å². The molecule has 0 aliphatic carbocycles. The van der Waals surface area contributed by atoms with Gasteiger partial charge in [0.15, 0.2) is 5.82 Å². The summed E-state index contributed by atoms with van der Waals surface area (Å²) in [6.45, 7) is 2.80. The van der Waals surface area contributed by atoms with Crippen LogP contribution in [0.4, 0.5) is 5.95 Å². The molecule has 3 aromatic rings. The zero-order chi connectivity index (χ0) is 13.9. The van der Waals surface area contributed by atoms with Crippen LogP contribution in [0.3, 0.4) is 0 Å². The first-order chi connectivity index (χ1) is 9.78. The summed E-state index contributed by atoms with van der Waals surface area (Å²) in [4.78, 5) is 16.6. The monoisotopic (exact) mass is 271 g/mol. The molecular weight excluding hydrogens is 258 g/mol. The molecule has 9 heteroatoms. The first-order valence-electron chi connectivity index (χ1n) is 6.16. The van der Waals surface area contributed by atoms with Crippen LogP contribution in [0.25, 0.3) is 17.5 Å². The lowest BCUT2D eigenvalue weighted by Gasteiger charge is -2.06. The van der Waals surface area contributed by atoms with E-state index in [-0.39, 0.29) is 5.95 Å². The molecule has 102 valence electrons. The molecule has 0 amide bonds. The highest BCUT2D eigenvalue weighted by Crippen LogP contribution is 2.15. The largest absolute Gasteiger partial charge is 0.368 e. The number of hydrogen-bond acceptors (Lipinski definition) is 7. The lowest BCUT2D eigenvalue weighted by Crippen LogP contribution is -2.09. The summed E-state index contributed by atoms with van der Waals surface area (Å²) in [5.41, 5.74) is 6.46. The van der Waals surface area contributed by atoms with E-state index in [1.807, 2.05) is 0 Å². The smallest absolute Gasteiger partial charge is 0.240 e. The third-order valence-corrected chi connectivity index (χ3v) is 2.66. The SMILES string of the molecule is CCCn1nncc1-c1nc(N)nc(-n2ccnc2)n1. The van der Waals surface area contributed by atoms with E-state index in [1.165, 1.54) is 0 Å². The molecule has 3 aromatic heterocycles. The van der Waals surface area contributed by atoms with E-state index < -0.39 is 0 Å². The zero-order valence-corrected chi connectivity index (χ0v) is 10.9. The number of anilines is 1. The fraction of sp³-hybridized carbons (Fsp3) is 0.273. The number of hydrogen-bond donors (Lipinski definition) is 1. The summed E-state index contributed by atoms with van der Waals surface area (Å²) in [7, 11) is 0. The van der Waals surface area contributed by atoms with Crippen LogP contribution in [-0.4, -0.2) is 39.5 Å². The Balaban J connectivity index is 2.08. The predicted octanol–water partition coefficient (Wildman–Crippen LogP) is 0.308. The number of aromatic nitrogens is 8. The Hall–Kier alpha value is -2.84. The minimum absolute atomic E-state index is 0.142. The van der Waals surface area contributed by atoms with Gasteiger partial charge in [-0.3, -0.25) is 4.57 Å². The van der Waals surface area contributed by atoms with Gasteiger partial charge >= 0.3 is 0 Å². The van der Waals surface area contributed by atoms with E-state index in [2.05, 4.69) is 37.2 Å². The Morgan fingerprint density at radius 3 is 2.90 bits per heavy atom. The van der Waals surface area contributed by atoms with Crippen molar-refractivity contribution in [1.29, 1.82) is 0 Å². The maximum absolute atomic E-state index is 5.75. The normalized spacial score (nSPS) is 10.8. The maximum Gasteiger partial charge on any atom is 0.240 e. The number of nitrogens with zero attached hydrogens (tertiary/aromatic N) is 8. The van der Waals surface area contributed by atoms with Gasteiger partial charge < -0.3 is 5.73 Å². The van der Waals surface area contributed by atoms with Crippen molar-refractivity contribution in [2.45, 2.75) is 19.9 Å². The summed E-state index contributed by atoms with van der Waals surface area (Å²) >= 11 is 0. The van der Waals surface area contributed by atoms with Gasteiger partial charge in [-0.1, -0.05) is 12.1 Å². The fourth-order valence-electron chi connectivity index (χ4n) is 1.80. The van der Waals surface area contributed by atoms with E-state index in [9.17, 15) is 0 Å². The third-order valence-electron chi connectivity index (χ3n) is 2.66. The van der Waals surface area contributed by atoms with Crippen molar-refractivity contribution in [3.63, 3.8) is 0 Å². The number of nitrogens with two attached hydrogens (primary N) is 1. The van der Waals surface area contributed by atoms with Crippen LogP contribution in [0.5, 0.6) is 0 Å². The Morgan fingerprint density at radius 2 is 2.15 bits per heavy atom. The molecule has 0 radical (unpaired) electrons. The van der Waals surface area contributed by atoms with Crippen molar-refractivity contribution in [2.75, 3.05) is 5.73 Å². The van der Waals surface area contributed by atoms with Gasteiger partial charge in [0.2, 0.25) is 11.9 Å². The molecule has 0 bridgehead atoms. The van der Waals surface area contributed by atoms with Crippen molar-refractivity contribution in [2.24, 2.45) is 0 Å². The third kappa shape index (κ3) is 2.20. The number of nitrogen functional groups attached to an aromatic ring is 1. The van der Waals surface area contributed by atoms with Gasteiger partial charge in [0.05, 0.1) is 6.20 Å². The standard InChI is InChI=1S/C11H13N9/c1-2-4-20-8(6-14-18-20)9-15-10(12)17-11(16-9)19-5-3-13-7-19/h3,5-7H,2,4H2,1H3,(H2,12,15,16,17). The van der Waals surface area contributed by atoms with E-state index in [1.54, 1.807) is 34.2 Å². The Labute approximate surface area is 114 Å². The minimum atomic E-state index is 0.142. The van der Waals surface area contributed by atoms with Crippen LogP contribution in [0.2, 0.25) is 0 Å². The zero-order valence-electron chi connectivity index (χ0n) is 10.9. The van der Waals surface area contributed by atoms with Gasteiger partial charge in [0.25, 0.3) is 0 Å². The molecule has 0 aromatic carbocycles. The molecule has 20 heavy (non-hydrogen) atoms. The van der Waals surface area contributed by atoms with Crippen LogP contribution in [0.1, 0.15) is 13.3 Å². The first-order valence-corrected chi connectivity index (χ1v) is 6.16. The van der Waals surface area contributed by atoms with Crippen LogP contribution in [0.15, 0.2) is 24.9 Å². The van der Waals surface area contributed by atoms with Gasteiger partial charge in [-0.05, 0) is 6.42 Å². The molecule has 2 N–H and O–H groups in total. The topological polar surface area (TPSA) is 113 Å². The molecule has 0 atom stereocenters. The van der Waals surface area contributed by atoms with Gasteiger partial charge in [0, 0.05) is 18.9 Å². The molecule has 0 aliphatic heterocycles. The van der Waals surface area contributed by atoms with Crippen molar-refractivity contribution in [3.8, 4) is 17.5 Å². The molecule has 0 spiro atoms. The summed E-state index contributed by atoms with van der Waals surface area (Å²) in [5.74, 6) is 0.997. The summed E-state index contributed by atoms with van der Waals surface area (Å²) in [5, 5.41) is 7.90. The highest BCUT2D eigenvalue weighted by atomic mass is 15.4. The van der Waals surface area contributed by atoms with Gasteiger partial charge in [0.1, 0.15) is 12.0 Å². The molecule has 0 aliphatic rings. The average molecular weight is 271 g/mol. The number of aryl methyl sites for hydroxylation is 1. The van der Waals surface area contributed by atoms with E-state index in [4.69, 9.17) is 5.73 Å². The van der Waals surface area contributed by atoms with Crippen molar-refractivity contribution in [1.82, 2.24) is 39.5 Å². The molecule has 9 nitrogen and oxygen atoms in total. The molecular formula is C11H13N9. The molecule has 0 unspecified atom stereocenters. The summed E-state index contributed by atoms with van der Waals surface area (Å²) < 4.78 is 3.40. The summed E-state index contributed by atoms with van der Waals surface area (Å²) in [6.07, 6.45) is 7.52. The van der Waals surface area contributed by atoms with Crippen molar-refractivity contribution < 1.29 is 0 Å². The van der Waals surface area contributed by atoms with Crippen molar-refractivity contribution in [3.05, 3.63) is 24.9 Å². The van der Waals surface area contributed by atoms with Gasteiger partial charge in [-0.25, -0.2) is 9.67 Å². The Morgan fingerprint density at radius 1 is 1.25 bits per heavy atom. The second-order valence-electron chi connectivity index (χ2n) is 4.13. The lowest BCUT2D eigenvalue weighted by molar-refractivity contribution is 0.582. The summed E-state index contributed by atoms with van der Waals surface area (Å²) in [6, 6.07) is 0. The van der Waals surface area contributed by atoms with E-state index >= 15 is 0 Å². The first kappa shape index (κ1) is 12.2. The molecule has 0 fully saturated rings. The van der Waals surface area contributed by atoms with Gasteiger partial charge in [-0.2, -0.15) is 15.0 Å². The second-order valence-corrected chi connectivity index (χ2v) is 4.13. The highest BCUT2D eigenvalue weighted by Gasteiger charge is 2.13. The Bertz CT molecular complexity index is 701. The van der Waals surface area contributed by atoms with E-state index in [0.29, 0.717) is 17.5 Å². The van der Waals surface area contributed by atoms with Crippen LogP contribution < -0.4 is 5.73 Å². The average Bonchev–Trinajstić information content (AvgIpc) is 3.09. The predicted molar refractivity (Wildman–Crippen MR) is 70.7 cm³/mol. The van der Waals surface area contributed by atoms with Crippen LogP contribution in [-0.2, 0) is 6.54 Å². The quantitative estimate of drug-likeness (QED) is 0.726. The molecule has 0 saturated carbocycles. The molecule has 0 saturated heterocycles. The van der Waals surface area contributed by atoms with E-state index in [0.717, 1.165) is 13.0 Å². The van der Waals surface area contributed by atoms with Crippen molar-refractivity contribution >= 4 is 5.95 Å². The number of imidazole rings is 1. The van der Waals surface area contributed by atoms with Gasteiger partial charge in [-0.15, -0.1) is 5.10 Å². The fourth-order valence-corrected chi connectivity index (χ4v) is 1.80. The molecule has 3 heterocycles. The van der Waals surface area contributed by atoms with Crippen LogP contribution >= 0.6 is 0 Å². The minimum Gasteiger partial charge on any atom is -0.368 e.